The molecule has 13 nitrogen and oxygen atoms in total. The van der Waals surface area contributed by atoms with Crippen LogP contribution in [0.2, 0.25) is 5.02 Å². The average molecular weight is 902 g/mol. The van der Waals surface area contributed by atoms with Crippen LogP contribution in [0.5, 0.6) is 5.75 Å². The number of carbonyl (C=O) groups is 4. The van der Waals surface area contributed by atoms with Crippen molar-refractivity contribution in [2.24, 2.45) is 5.92 Å². The standard InChI is InChI=1S/C42H44ClF3N8O5S.ClH/c1-4-25-17-29(54-39(60)53(38(58)40(54,2)3)30-21-31(42(44,45)46)33(22-47)48-23-30)5-7-34(25)59-16-11-24-9-14-52(15-10-24)41(12-13-41)37(57)50-28-19-26(43)18-27(20-28)49-32-6-8-35(55)51-36(32)56;/h5,7,17-21,23-24,32,49H,4,6,8-16H2,1-3H3,(H,50,57)(H,51,55,56);1H. The highest BCUT2D eigenvalue weighted by atomic mass is 35.5. The van der Waals surface area contributed by atoms with Crippen LogP contribution in [0.25, 0.3) is 0 Å². The molecule has 2 aromatic carbocycles. The average Bonchev–Trinajstić information content (AvgIpc) is 3.99. The van der Waals surface area contributed by atoms with Crippen molar-refractivity contribution in [3.05, 3.63) is 70.5 Å². The van der Waals surface area contributed by atoms with Gasteiger partial charge in [0, 0.05) is 28.5 Å². The Hall–Kier alpha value is -5.02. The van der Waals surface area contributed by atoms with Crippen molar-refractivity contribution in [2.75, 3.05) is 40.1 Å². The molecular weight excluding hydrogens is 856 g/mol. The van der Waals surface area contributed by atoms with Crippen LogP contribution in [-0.2, 0) is 31.8 Å². The zero-order valence-corrected chi connectivity index (χ0v) is 36.0. The summed E-state index contributed by atoms with van der Waals surface area (Å²) in [5.74, 6) is -0.257. The third-order valence-corrected chi connectivity index (χ3v) is 12.4. The highest BCUT2D eigenvalue weighted by Crippen LogP contribution is 2.45. The Morgan fingerprint density at radius 3 is 2.41 bits per heavy atom. The van der Waals surface area contributed by atoms with Gasteiger partial charge in [-0.15, -0.1) is 12.4 Å². The molecule has 19 heteroatoms. The molecule has 1 unspecified atom stereocenters. The third-order valence-electron chi connectivity index (χ3n) is 11.8. The zero-order chi connectivity index (χ0) is 43.1. The number of imide groups is 1. The predicted octanol–water partition coefficient (Wildman–Crippen LogP) is 7.40. The molecule has 3 saturated heterocycles. The van der Waals surface area contributed by atoms with Gasteiger partial charge in [0.25, 0.3) is 5.91 Å². The summed E-state index contributed by atoms with van der Waals surface area (Å²) in [5.41, 5.74) is -1.53. The van der Waals surface area contributed by atoms with Gasteiger partial charge in [0.1, 0.15) is 28.9 Å². The van der Waals surface area contributed by atoms with Crippen LogP contribution in [0.1, 0.15) is 82.5 Å². The van der Waals surface area contributed by atoms with Crippen molar-refractivity contribution in [1.82, 2.24) is 15.2 Å². The lowest BCUT2D eigenvalue weighted by atomic mass is 9.92. The number of likely N-dealkylation sites (tertiary alicyclic amines) is 1. The number of halogens is 5. The molecule has 4 heterocycles. The van der Waals surface area contributed by atoms with Gasteiger partial charge in [0.2, 0.25) is 17.7 Å². The van der Waals surface area contributed by atoms with Crippen molar-refractivity contribution < 1.29 is 37.1 Å². The quantitative estimate of drug-likeness (QED) is 0.123. The highest BCUT2D eigenvalue weighted by Gasteiger charge is 2.55. The van der Waals surface area contributed by atoms with Gasteiger partial charge in [0.15, 0.2) is 10.8 Å². The molecule has 0 spiro atoms. The Balaban J connectivity index is 0.00000622. The fraction of sp³-hybridized carbons (Fsp3) is 0.452. The van der Waals surface area contributed by atoms with E-state index < -0.39 is 46.4 Å². The van der Waals surface area contributed by atoms with Gasteiger partial charge >= 0.3 is 6.18 Å². The fourth-order valence-corrected chi connectivity index (χ4v) is 9.03. The van der Waals surface area contributed by atoms with Crippen LogP contribution in [0.4, 0.5) is 35.9 Å². The predicted molar refractivity (Wildman–Crippen MR) is 230 cm³/mol. The molecule has 1 atom stereocenters. The molecule has 4 aliphatic rings. The molecule has 61 heavy (non-hydrogen) atoms. The number of ether oxygens (including phenoxy) is 1. The number of nitrogens with zero attached hydrogens (tertiary/aromatic N) is 5. The third kappa shape index (κ3) is 9.28. The van der Waals surface area contributed by atoms with Crippen LogP contribution in [-0.4, -0.2) is 75.4 Å². The van der Waals surface area contributed by atoms with Gasteiger partial charge in [-0.05, 0) is 138 Å². The molecule has 3 aliphatic heterocycles. The smallest absolute Gasteiger partial charge is 0.419 e. The van der Waals surface area contributed by atoms with E-state index in [0.29, 0.717) is 53.2 Å². The number of amides is 4. The van der Waals surface area contributed by atoms with Crippen LogP contribution in [0, 0.1) is 17.2 Å². The number of pyridine rings is 1. The summed E-state index contributed by atoms with van der Waals surface area (Å²) in [6, 6.07) is 12.1. The number of piperidine rings is 2. The van der Waals surface area contributed by atoms with Gasteiger partial charge in [-0.3, -0.25) is 34.3 Å². The lowest BCUT2D eigenvalue weighted by Gasteiger charge is -2.37. The minimum absolute atomic E-state index is 0. The number of nitriles is 1. The maximum atomic E-state index is 13.8. The highest BCUT2D eigenvalue weighted by molar-refractivity contribution is 7.81. The number of alkyl halides is 3. The largest absolute Gasteiger partial charge is 0.493 e. The van der Waals surface area contributed by atoms with Crippen LogP contribution in [0.15, 0.2) is 48.7 Å². The van der Waals surface area contributed by atoms with E-state index in [-0.39, 0.29) is 41.4 Å². The number of nitrogens with one attached hydrogen (secondary N) is 3. The number of hydrogen-bond acceptors (Lipinski definition) is 10. The van der Waals surface area contributed by atoms with Gasteiger partial charge in [-0.25, -0.2) is 4.98 Å². The number of benzene rings is 2. The molecular formula is C42H45Cl2F3N8O5S. The van der Waals surface area contributed by atoms with Gasteiger partial charge in [-0.1, -0.05) is 18.5 Å². The van der Waals surface area contributed by atoms with Crippen molar-refractivity contribution in [3.8, 4) is 11.8 Å². The number of rotatable bonds is 12. The number of anilines is 4. The minimum Gasteiger partial charge on any atom is -0.493 e. The number of carbonyl (C=O) groups excluding carboxylic acids is 4. The first-order valence-corrected chi connectivity index (χ1v) is 20.6. The van der Waals surface area contributed by atoms with E-state index in [1.807, 2.05) is 19.1 Å². The second-order valence-electron chi connectivity index (χ2n) is 16.1. The van der Waals surface area contributed by atoms with E-state index in [9.17, 15) is 37.6 Å². The molecule has 0 bridgehead atoms. The maximum absolute atomic E-state index is 13.8. The molecule has 4 amide bonds. The van der Waals surface area contributed by atoms with Crippen molar-refractivity contribution >= 4 is 87.7 Å². The fourth-order valence-electron chi connectivity index (χ4n) is 8.27. The second kappa shape index (κ2) is 17.8. The Morgan fingerprint density at radius 1 is 1.07 bits per heavy atom. The molecule has 3 aromatic rings. The Morgan fingerprint density at radius 2 is 1.77 bits per heavy atom. The normalized spacial score (nSPS) is 20.1. The first-order valence-electron chi connectivity index (χ1n) is 19.8. The molecule has 1 saturated carbocycles. The van der Waals surface area contributed by atoms with Gasteiger partial charge in [0.05, 0.1) is 24.1 Å². The number of hydrogen-bond donors (Lipinski definition) is 3. The SMILES string of the molecule is CCc1cc(N2C(=S)N(c3cnc(C#N)c(C(F)(F)F)c3)C(=O)C2(C)C)ccc1OCCC1CCN(C2(C(=O)Nc3cc(Cl)cc(NC4CCC(=O)NC4=O)c3)CC2)CC1.Cl. The molecule has 3 N–H and O–H groups in total. The monoisotopic (exact) mass is 900 g/mol. The summed E-state index contributed by atoms with van der Waals surface area (Å²) < 4.78 is 47.6. The number of aromatic nitrogens is 1. The van der Waals surface area contributed by atoms with Crippen LogP contribution < -0.4 is 30.5 Å². The molecule has 0 radical (unpaired) electrons. The molecule has 1 aliphatic carbocycles. The van der Waals surface area contributed by atoms with E-state index in [1.54, 1.807) is 43.0 Å². The Kier molecular flexibility index (Phi) is 13.2. The van der Waals surface area contributed by atoms with Gasteiger partial charge < -0.3 is 20.3 Å². The van der Waals surface area contributed by atoms with E-state index in [4.69, 9.17) is 28.6 Å². The summed E-state index contributed by atoms with van der Waals surface area (Å²) >= 11 is 12.1. The molecule has 4 fully saturated rings. The van der Waals surface area contributed by atoms with Crippen LogP contribution >= 0.6 is 36.2 Å². The van der Waals surface area contributed by atoms with Crippen molar-refractivity contribution in [3.63, 3.8) is 0 Å². The second-order valence-corrected chi connectivity index (χ2v) is 16.9. The lowest BCUT2D eigenvalue weighted by Crippen LogP contribution is -2.50. The Bertz CT molecular complexity index is 2290. The molecule has 324 valence electrons. The van der Waals surface area contributed by atoms with E-state index in [0.717, 1.165) is 67.9 Å². The van der Waals surface area contributed by atoms with Crippen molar-refractivity contribution in [1.29, 1.82) is 5.26 Å². The zero-order valence-electron chi connectivity index (χ0n) is 33.7. The first kappa shape index (κ1) is 45.5. The van der Waals surface area contributed by atoms with Crippen molar-refractivity contribution in [2.45, 2.75) is 95.4 Å². The minimum atomic E-state index is -4.86. The lowest BCUT2D eigenvalue weighted by molar-refractivity contribution is -0.138. The first-order chi connectivity index (χ1) is 28.4. The number of thiocarbonyl (C=S) groups is 1. The summed E-state index contributed by atoms with van der Waals surface area (Å²) in [6.45, 7) is 7.26. The molecule has 1 aromatic heterocycles. The van der Waals surface area contributed by atoms with Crippen LogP contribution in [0.3, 0.4) is 0 Å². The maximum Gasteiger partial charge on any atom is 0.419 e. The van der Waals surface area contributed by atoms with E-state index >= 15 is 0 Å². The number of aryl methyl sites for hydroxylation is 1. The van der Waals surface area contributed by atoms with E-state index in [1.165, 1.54) is 6.07 Å². The summed E-state index contributed by atoms with van der Waals surface area (Å²) in [4.78, 5) is 59.7. The van der Waals surface area contributed by atoms with E-state index in [2.05, 4.69) is 25.8 Å². The summed E-state index contributed by atoms with van der Waals surface area (Å²) in [6.07, 6.45) is 1.51. The topological polar surface area (TPSA) is 160 Å². The Labute approximate surface area is 367 Å². The van der Waals surface area contributed by atoms with Gasteiger partial charge in [-0.2, -0.15) is 18.4 Å². The summed E-state index contributed by atoms with van der Waals surface area (Å²) in [7, 11) is 0. The summed E-state index contributed by atoms with van der Waals surface area (Å²) in [5, 5.41) is 18.1. The molecule has 7 rings (SSSR count).